The molecule has 0 aliphatic carbocycles. The number of hydrogen-bond acceptors (Lipinski definition) is 3. The van der Waals surface area contributed by atoms with Gasteiger partial charge in [-0.1, -0.05) is 12.2 Å². The molecular formula is C9H14O3. The molecule has 0 unspecified atom stereocenters. The van der Waals surface area contributed by atoms with Crippen molar-refractivity contribution in [2.24, 2.45) is 0 Å². The van der Waals surface area contributed by atoms with E-state index in [1.165, 1.54) is 6.92 Å². The topological polar surface area (TPSA) is 43.4 Å². The molecule has 0 radical (unpaired) electrons. The Balaban J connectivity index is 3.38. The Labute approximate surface area is 72.4 Å². The fourth-order valence-electron chi connectivity index (χ4n) is 0.662. The maximum Gasteiger partial charge on any atom is 0.313 e. The predicted molar refractivity (Wildman–Crippen MR) is 45.7 cm³/mol. The number of ether oxygens (including phenoxy) is 1. The Morgan fingerprint density at radius 3 is 2.58 bits per heavy atom. The van der Waals surface area contributed by atoms with Gasteiger partial charge in [0.05, 0.1) is 6.61 Å². The minimum absolute atomic E-state index is 0.115. The number of Topliss-reactive ketones (excluding diaryl/α,β-unsaturated/α-hetero) is 1. The van der Waals surface area contributed by atoms with E-state index in [0.717, 1.165) is 0 Å². The number of carbonyl (C=O) groups is 2. The average Bonchev–Trinajstić information content (AvgIpc) is 1.97. The van der Waals surface area contributed by atoms with Gasteiger partial charge in [-0.2, -0.15) is 0 Å². The normalized spacial score (nSPS) is 10.2. The Morgan fingerprint density at radius 2 is 2.08 bits per heavy atom. The van der Waals surface area contributed by atoms with E-state index in [2.05, 4.69) is 0 Å². The van der Waals surface area contributed by atoms with Crippen molar-refractivity contribution in [3.8, 4) is 0 Å². The van der Waals surface area contributed by atoms with Gasteiger partial charge in [0.2, 0.25) is 0 Å². The molecule has 0 saturated heterocycles. The lowest BCUT2D eigenvalue weighted by molar-refractivity contribution is -0.145. The first-order valence-corrected chi connectivity index (χ1v) is 3.93. The molecule has 0 N–H and O–H groups in total. The van der Waals surface area contributed by atoms with Gasteiger partial charge in [-0.25, -0.2) is 0 Å². The summed E-state index contributed by atoms with van der Waals surface area (Å²) >= 11 is 0. The average molecular weight is 170 g/mol. The van der Waals surface area contributed by atoms with E-state index in [1.54, 1.807) is 0 Å². The second kappa shape index (κ2) is 6.58. The van der Waals surface area contributed by atoms with Gasteiger partial charge >= 0.3 is 5.97 Å². The van der Waals surface area contributed by atoms with Gasteiger partial charge < -0.3 is 4.74 Å². The van der Waals surface area contributed by atoms with Crippen molar-refractivity contribution in [3.63, 3.8) is 0 Å². The summed E-state index contributed by atoms with van der Waals surface area (Å²) in [5.41, 5.74) is 0. The highest BCUT2D eigenvalue weighted by Gasteiger charge is 2.04. The van der Waals surface area contributed by atoms with Crippen LogP contribution in [0.15, 0.2) is 12.2 Å². The molecule has 0 aliphatic heterocycles. The zero-order valence-electron chi connectivity index (χ0n) is 7.50. The first-order chi connectivity index (χ1) is 5.66. The minimum atomic E-state index is -0.438. The van der Waals surface area contributed by atoms with Crippen LogP contribution in [0.25, 0.3) is 0 Å². The summed E-state index contributed by atoms with van der Waals surface area (Å²) in [7, 11) is 0. The molecule has 0 rings (SSSR count). The fraction of sp³-hybridized carbons (Fsp3) is 0.556. The summed E-state index contributed by atoms with van der Waals surface area (Å²) < 4.78 is 4.74. The SMILES string of the molecule is CC=CCCOC(=O)CC(C)=O. The number of esters is 1. The molecule has 0 aromatic heterocycles. The molecule has 0 bridgehead atoms. The largest absolute Gasteiger partial charge is 0.465 e. The lowest BCUT2D eigenvalue weighted by atomic mass is 10.3. The second-order valence-electron chi connectivity index (χ2n) is 2.46. The van der Waals surface area contributed by atoms with Crippen molar-refractivity contribution >= 4 is 11.8 Å². The van der Waals surface area contributed by atoms with E-state index >= 15 is 0 Å². The lowest BCUT2D eigenvalue weighted by Crippen LogP contribution is -2.09. The van der Waals surface area contributed by atoms with Crippen molar-refractivity contribution in [2.45, 2.75) is 26.7 Å². The third-order valence-electron chi connectivity index (χ3n) is 1.18. The molecule has 12 heavy (non-hydrogen) atoms. The standard InChI is InChI=1S/C9H14O3/c1-3-4-5-6-12-9(11)7-8(2)10/h3-4H,5-7H2,1-2H3. The van der Waals surface area contributed by atoms with Gasteiger partial charge in [0.25, 0.3) is 0 Å². The van der Waals surface area contributed by atoms with Gasteiger partial charge in [-0.15, -0.1) is 0 Å². The van der Waals surface area contributed by atoms with E-state index in [0.29, 0.717) is 13.0 Å². The molecule has 0 atom stereocenters. The minimum Gasteiger partial charge on any atom is -0.465 e. The Kier molecular flexibility index (Phi) is 5.97. The molecule has 0 spiro atoms. The molecule has 0 heterocycles. The first-order valence-electron chi connectivity index (χ1n) is 3.93. The Hall–Kier alpha value is -1.12. The van der Waals surface area contributed by atoms with Crippen LogP contribution in [0.5, 0.6) is 0 Å². The van der Waals surface area contributed by atoms with E-state index in [-0.39, 0.29) is 12.2 Å². The summed E-state index contributed by atoms with van der Waals surface area (Å²) in [5.74, 6) is -0.599. The number of ketones is 1. The zero-order chi connectivity index (χ0) is 9.40. The van der Waals surface area contributed by atoms with Crippen LogP contribution in [0.3, 0.4) is 0 Å². The maximum absolute atomic E-state index is 10.7. The van der Waals surface area contributed by atoms with Crippen LogP contribution in [0.1, 0.15) is 26.7 Å². The number of rotatable bonds is 5. The van der Waals surface area contributed by atoms with E-state index < -0.39 is 5.97 Å². The monoisotopic (exact) mass is 170 g/mol. The highest BCUT2D eigenvalue weighted by atomic mass is 16.5. The summed E-state index contributed by atoms with van der Waals surface area (Å²) in [6.07, 6.45) is 4.38. The number of hydrogen-bond donors (Lipinski definition) is 0. The van der Waals surface area contributed by atoms with Crippen LogP contribution in [-0.2, 0) is 14.3 Å². The van der Waals surface area contributed by atoms with Crippen molar-refractivity contribution in [1.29, 1.82) is 0 Å². The van der Waals surface area contributed by atoms with Crippen molar-refractivity contribution in [2.75, 3.05) is 6.61 Å². The quantitative estimate of drug-likeness (QED) is 0.271. The molecule has 0 aromatic rings. The highest BCUT2D eigenvalue weighted by molar-refractivity contribution is 5.94. The third-order valence-corrected chi connectivity index (χ3v) is 1.18. The Bertz CT molecular complexity index is 182. The van der Waals surface area contributed by atoms with Crippen molar-refractivity contribution in [1.82, 2.24) is 0 Å². The van der Waals surface area contributed by atoms with Crippen molar-refractivity contribution < 1.29 is 14.3 Å². The number of allylic oxidation sites excluding steroid dienone is 1. The molecule has 0 amide bonds. The summed E-state index contributed by atoms with van der Waals surface area (Å²) in [5, 5.41) is 0. The van der Waals surface area contributed by atoms with Gasteiger partial charge in [0, 0.05) is 0 Å². The van der Waals surface area contributed by atoms with E-state index in [4.69, 9.17) is 4.74 Å². The molecule has 0 aliphatic rings. The molecule has 0 aromatic carbocycles. The Morgan fingerprint density at radius 1 is 1.42 bits per heavy atom. The summed E-state index contributed by atoms with van der Waals surface area (Å²) in [4.78, 5) is 21.2. The zero-order valence-corrected chi connectivity index (χ0v) is 7.50. The van der Waals surface area contributed by atoms with Crippen LogP contribution in [0.4, 0.5) is 0 Å². The highest BCUT2D eigenvalue weighted by Crippen LogP contribution is 1.90. The first kappa shape index (κ1) is 10.9. The molecule has 3 heteroatoms. The van der Waals surface area contributed by atoms with Crippen molar-refractivity contribution in [3.05, 3.63) is 12.2 Å². The second-order valence-corrected chi connectivity index (χ2v) is 2.46. The summed E-state index contributed by atoms with van der Waals surface area (Å²) in [6, 6.07) is 0. The van der Waals surface area contributed by atoms with Crippen LogP contribution in [-0.4, -0.2) is 18.4 Å². The van der Waals surface area contributed by atoms with Crippen LogP contribution >= 0.6 is 0 Å². The van der Waals surface area contributed by atoms with Gasteiger partial charge in [-0.05, 0) is 20.3 Å². The van der Waals surface area contributed by atoms with Gasteiger partial charge in [-0.3, -0.25) is 9.59 Å². The maximum atomic E-state index is 10.7. The number of carbonyl (C=O) groups excluding carboxylic acids is 2. The fourth-order valence-corrected chi connectivity index (χ4v) is 0.662. The molecule has 0 fully saturated rings. The van der Waals surface area contributed by atoms with E-state index in [1.807, 2.05) is 19.1 Å². The third kappa shape index (κ3) is 6.99. The van der Waals surface area contributed by atoms with Gasteiger partial charge in [0.15, 0.2) is 0 Å². The molecule has 3 nitrogen and oxygen atoms in total. The predicted octanol–water partition coefficient (Wildman–Crippen LogP) is 1.47. The van der Waals surface area contributed by atoms with E-state index in [9.17, 15) is 9.59 Å². The van der Waals surface area contributed by atoms with Gasteiger partial charge in [0.1, 0.15) is 12.2 Å². The molecular weight excluding hydrogens is 156 g/mol. The smallest absolute Gasteiger partial charge is 0.313 e. The molecule has 68 valence electrons. The van der Waals surface area contributed by atoms with Crippen LogP contribution in [0, 0.1) is 0 Å². The molecule has 0 saturated carbocycles. The van der Waals surface area contributed by atoms with Crippen LogP contribution in [0.2, 0.25) is 0 Å². The van der Waals surface area contributed by atoms with Crippen LogP contribution < -0.4 is 0 Å². The summed E-state index contributed by atoms with van der Waals surface area (Å²) in [6.45, 7) is 3.63. The lowest BCUT2D eigenvalue weighted by Gasteiger charge is -1.99.